The highest BCUT2D eigenvalue weighted by Gasteiger charge is 2.53. The Bertz CT molecular complexity index is 787. The molecule has 3 fully saturated rings. The predicted octanol–water partition coefficient (Wildman–Crippen LogP) is 1.06. The van der Waals surface area contributed by atoms with Gasteiger partial charge in [-0.3, -0.25) is 9.59 Å². The highest BCUT2D eigenvalue weighted by atomic mass is 19.1. The molecule has 0 saturated carbocycles. The zero-order chi connectivity index (χ0) is 18.4. The molecule has 1 aromatic rings. The zero-order valence-electron chi connectivity index (χ0n) is 13.9. The number of hydrogen-bond acceptors (Lipinski definition) is 3. The Morgan fingerprint density at radius 2 is 1.88 bits per heavy atom. The van der Waals surface area contributed by atoms with Crippen LogP contribution in [-0.4, -0.2) is 58.9 Å². The molecule has 0 radical (unpaired) electrons. The Morgan fingerprint density at radius 3 is 2.65 bits per heavy atom. The summed E-state index contributed by atoms with van der Waals surface area (Å²) in [5.74, 6) is -1.85. The van der Waals surface area contributed by atoms with Crippen molar-refractivity contribution in [1.29, 1.82) is 0 Å². The standard InChI is InChI=1S/C17H18F2N4O3/c18-9-3-4-11(10(19)8-9)20-17(26)21-12-5-7-23-14(12)16(25)22-6-1-2-13(22)15(23)24/h3-4,8,12-14H,1-2,5-7H2,(H2,20,21,26)/t12-,13+,14-/m0/s1. The monoisotopic (exact) mass is 364 g/mol. The Labute approximate surface area is 148 Å². The van der Waals surface area contributed by atoms with Crippen LogP contribution in [0.2, 0.25) is 0 Å². The van der Waals surface area contributed by atoms with Gasteiger partial charge < -0.3 is 20.4 Å². The number of carbonyl (C=O) groups is 3. The maximum Gasteiger partial charge on any atom is 0.319 e. The van der Waals surface area contributed by atoms with Crippen LogP contribution in [-0.2, 0) is 9.59 Å². The van der Waals surface area contributed by atoms with Gasteiger partial charge in [0.2, 0.25) is 11.8 Å². The minimum Gasteiger partial charge on any atom is -0.332 e. The lowest BCUT2D eigenvalue weighted by Gasteiger charge is -2.40. The first-order chi connectivity index (χ1) is 12.5. The van der Waals surface area contributed by atoms with Crippen LogP contribution in [0.4, 0.5) is 19.3 Å². The second-order valence-electron chi connectivity index (χ2n) is 6.78. The minimum absolute atomic E-state index is 0.0682. The summed E-state index contributed by atoms with van der Waals surface area (Å²) in [6.07, 6.45) is 1.92. The molecule has 3 heterocycles. The van der Waals surface area contributed by atoms with Gasteiger partial charge in [-0.15, -0.1) is 0 Å². The van der Waals surface area contributed by atoms with Crippen molar-refractivity contribution in [2.45, 2.75) is 37.4 Å². The molecule has 138 valence electrons. The topological polar surface area (TPSA) is 81.8 Å². The van der Waals surface area contributed by atoms with Crippen molar-refractivity contribution in [3.63, 3.8) is 0 Å². The van der Waals surface area contributed by atoms with Crippen molar-refractivity contribution in [2.24, 2.45) is 0 Å². The summed E-state index contributed by atoms with van der Waals surface area (Å²) in [4.78, 5) is 40.6. The van der Waals surface area contributed by atoms with E-state index in [1.165, 1.54) is 4.90 Å². The molecule has 0 unspecified atom stereocenters. The molecule has 1 aromatic carbocycles. The molecule has 3 aliphatic rings. The predicted molar refractivity (Wildman–Crippen MR) is 87.2 cm³/mol. The van der Waals surface area contributed by atoms with E-state index in [0.29, 0.717) is 32.0 Å². The summed E-state index contributed by atoms with van der Waals surface area (Å²) in [6.45, 7) is 0.953. The number of nitrogens with one attached hydrogen (secondary N) is 2. The Hall–Kier alpha value is -2.71. The summed E-state index contributed by atoms with van der Waals surface area (Å²) >= 11 is 0. The maximum absolute atomic E-state index is 13.7. The summed E-state index contributed by atoms with van der Waals surface area (Å²) in [6, 6.07) is 0.481. The van der Waals surface area contributed by atoms with Gasteiger partial charge in [0, 0.05) is 19.2 Å². The van der Waals surface area contributed by atoms with Gasteiger partial charge in [-0.05, 0) is 31.4 Å². The van der Waals surface area contributed by atoms with Crippen LogP contribution in [0.5, 0.6) is 0 Å². The fraction of sp³-hybridized carbons (Fsp3) is 0.471. The second-order valence-corrected chi connectivity index (χ2v) is 6.78. The Morgan fingerprint density at radius 1 is 1.08 bits per heavy atom. The highest BCUT2D eigenvalue weighted by Crippen LogP contribution is 2.32. The van der Waals surface area contributed by atoms with Crippen LogP contribution in [0.1, 0.15) is 19.3 Å². The van der Waals surface area contributed by atoms with E-state index in [1.54, 1.807) is 4.90 Å². The molecule has 7 nitrogen and oxygen atoms in total. The normalized spacial score (nSPS) is 27.4. The first-order valence-corrected chi connectivity index (χ1v) is 8.59. The van der Waals surface area contributed by atoms with E-state index in [9.17, 15) is 23.2 Å². The summed E-state index contributed by atoms with van der Waals surface area (Å²) in [5.41, 5.74) is -0.163. The van der Waals surface area contributed by atoms with Crippen LogP contribution in [0.3, 0.4) is 0 Å². The molecule has 4 amide bonds. The average molecular weight is 364 g/mol. The van der Waals surface area contributed by atoms with Gasteiger partial charge in [0.25, 0.3) is 0 Å². The lowest BCUT2D eigenvalue weighted by molar-refractivity contribution is -0.157. The lowest BCUT2D eigenvalue weighted by Crippen LogP contribution is -2.64. The number of carbonyl (C=O) groups excluding carboxylic acids is 3. The number of halogens is 2. The third kappa shape index (κ3) is 2.67. The number of amides is 4. The van der Waals surface area contributed by atoms with Crippen molar-refractivity contribution in [2.75, 3.05) is 18.4 Å². The summed E-state index contributed by atoms with van der Waals surface area (Å²) in [7, 11) is 0. The fourth-order valence-electron chi connectivity index (χ4n) is 4.06. The minimum atomic E-state index is -0.892. The number of fused-ring (bicyclic) bond motifs is 2. The third-order valence-electron chi connectivity index (χ3n) is 5.25. The van der Waals surface area contributed by atoms with Gasteiger partial charge in [-0.1, -0.05) is 0 Å². The van der Waals surface area contributed by atoms with Crippen molar-refractivity contribution >= 4 is 23.5 Å². The van der Waals surface area contributed by atoms with E-state index in [1.807, 2.05) is 0 Å². The van der Waals surface area contributed by atoms with E-state index in [-0.39, 0.29) is 23.5 Å². The van der Waals surface area contributed by atoms with E-state index in [0.717, 1.165) is 18.6 Å². The van der Waals surface area contributed by atoms with E-state index >= 15 is 0 Å². The second kappa shape index (κ2) is 6.22. The number of rotatable bonds is 2. The molecule has 3 atom stereocenters. The van der Waals surface area contributed by atoms with Gasteiger partial charge in [-0.2, -0.15) is 0 Å². The molecule has 0 spiro atoms. The molecular weight excluding hydrogens is 346 g/mol. The molecule has 0 aromatic heterocycles. The molecular formula is C17H18F2N4O3. The first kappa shape index (κ1) is 16.7. The van der Waals surface area contributed by atoms with Crippen LogP contribution in [0.25, 0.3) is 0 Å². The van der Waals surface area contributed by atoms with Crippen molar-refractivity contribution in [1.82, 2.24) is 15.1 Å². The SMILES string of the molecule is O=C(Nc1ccc(F)cc1F)N[C@H]1CCN2C(=O)[C@H]3CCCN3C(=O)[C@H]12. The Kier molecular flexibility index (Phi) is 4.01. The molecule has 26 heavy (non-hydrogen) atoms. The number of urea groups is 1. The van der Waals surface area contributed by atoms with Gasteiger partial charge in [-0.25, -0.2) is 13.6 Å². The van der Waals surface area contributed by atoms with E-state index < -0.39 is 29.7 Å². The van der Waals surface area contributed by atoms with Crippen LogP contribution in [0.15, 0.2) is 18.2 Å². The van der Waals surface area contributed by atoms with Crippen molar-refractivity contribution in [3.8, 4) is 0 Å². The quantitative estimate of drug-likeness (QED) is 0.823. The Balaban J connectivity index is 1.46. The molecule has 4 rings (SSSR count). The number of piperazine rings is 1. The van der Waals surface area contributed by atoms with Crippen molar-refractivity contribution < 1.29 is 23.2 Å². The molecule has 3 saturated heterocycles. The molecule has 0 bridgehead atoms. The molecule has 2 N–H and O–H groups in total. The summed E-state index contributed by atoms with van der Waals surface area (Å²) in [5, 5.41) is 4.96. The molecule has 9 heteroatoms. The lowest BCUT2D eigenvalue weighted by atomic mass is 10.0. The third-order valence-corrected chi connectivity index (χ3v) is 5.25. The van der Waals surface area contributed by atoms with Gasteiger partial charge >= 0.3 is 6.03 Å². The van der Waals surface area contributed by atoms with Gasteiger partial charge in [0.05, 0.1) is 11.7 Å². The first-order valence-electron chi connectivity index (χ1n) is 8.59. The van der Waals surface area contributed by atoms with Gasteiger partial charge in [0.15, 0.2) is 0 Å². The number of hydrogen-bond donors (Lipinski definition) is 2. The number of nitrogens with zero attached hydrogens (tertiary/aromatic N) is 2. The van der Waals surface area contributed by atoms with E-state index in [2.05, 4.69) is 10.6 Å². The summed E-state index contributed by atoms with van der Waals surface area (Å²) < 4.78 is 26.6. The van der Waals surface area contributed by atoms with Gasteiger partial charge in [0.1, 0.15) is 23.7 Å². The van der Waals surface area contributed by atoms with Crippen LogP contribution in [0, 0.1) is 11.6 Å². The zero-order valence-corrected chi connectivity index (χ0v) is 13.9. The molecule has 0 aliphatic carbocycles. The maximum atomic E-state index is 13.7. The fourth-order valence-corrected chi connectivity index (χ4v) is 4.06. The highest BCUT2D eigenvalue weighted by molar-refractivity contribution is 5.99. The molecule has 3 aliphatic heterocycles. The van der Waals surface area contributed by atoms with E-state index in [4.69, 9.17) is 0 Å². The van der Waals surface area contributed by atoms with Crippen LogP contribution >= 0.6 is 0 Å². The average Bonchev–Trinajstić information content (AvgIpc) is 3.23. The van der Waals surface area contributed by atoms with Crippen LogP contribution < -0.4 is 10.6 Å². The van der Waals surface area contributed by atoms with Crippen molar-refractivity contribution in [3.05, 3.63) is 29.8 Å². The smallest absolute Gasteiger partial charge is 0.319 e. The largest absolute Gasteiger partial charge is 0.332 e. The number of benzene rings is 1. The number of anilines is 1.